The Hall–Kier alpha value is -1.87. The SMILES string of the molecule is O=C(CSCc1cc2c(cc1Br)OCCO2)Nc1ccccc1C(F)(F)F. The lowest BCUT2D eigenvalue weighted by atomic mass is 10.1. The second-order valence-electron chi connectivity index (χ2n) is 5.67. The molecule has 1 amide bonds. The van der Waals surface area contributed by atoms with Gasteiger partial charge in [0.2, 0.25) is 5.91 Å². The zero-order chi connectivity index (χ0) is 19.4. The predicted octanol–water partition coefficient (Wildman–Crippen LogP) is 5.11. The Morgan fingerprint density at radius 1 is 1.15 bits per heavy atom. The topological polar surface area (TPSA) is 47.6 Å². The summed E-state index contributed by atoms with van der Waals surface area (Å²) in [6.45, 7) is 0.968. The van der Waals surface area contributed by atoms with Crippen molar-refractivity contribution < 1.29 is 27.4 Å². The van der Waals surface area contributed by atoms with E-state index < -0.39 is 17.6 Å². The van der Waals surface area contributed by atoms with Crippen LogP contribution < -0.4 is 14.8 Å². The van der Waals surface area contributed by atoms with Crippen molar-refractivity contribution in [3.63, 3.8) is 0 Å². The first kappa shape index (κ1) is 19.9. The maximum absolute atomic E-state index is 13.0. The van der Waals surface area contributed by atoms with Crippen LogP contribution in [0.25, 0.3) is 0 Å². The summed E-state index contributed by atoms with van der Waals surface area (Å²) in [5.41, 5.74) is -0.193. The van der Waals surface area contributed by atoms with E-state index >= 15 is 0 Å². The van der Waals surface area contributed by atoms with Crippen LogP contribution in [0.1, 0.15) is 11.1 Å². The Balaban J connectivity index is 1.58. The van der Waals surface area contributed by atoms with E-state index in [2.05, 4.69) is 21.2 Å². The Morgan fingerprint density at radius 3 is 2.52 bits per heavy atom. The monoisotopic (exact) mass is 461 g/mol. The van der Waals surface area contributed by atoms with Gasteiger partial charge in [-0.1, -0.05) is 28.1 Å². The van der Waals surface area contributed by atoms with E-state index in [9.17, 15) is 18.0 Å². The third kappa shape index (κ3) is 5.10. The van der Waals surface area contributed by atoms with Crippen molar-refractivity contribution in [2.75, 3.05) is 24.3 Å². The lowest BCUT2D eigenvalue weighted by molar-refractivity contribution is -0.137. The highest BCUT2D eigenvalue weighted by Gasteiger charge is 2.33. The summed E-state index contributed by atoms with van der Waals surface area (Å²) >= 11 is 4.75. The first-order valence-electron chi connectivity index (χ1n) is 7.96. The largest absolute Gasteiger partial charge is 0.486 e. The minimum atomic E-state index is -4.52. The van der Waals surface area contributed by atoms with Gasteiger partial charge in [-0.2, -0.15) is 13.2 Å². The number of amides is 1. The highest BCUT2D eigenvalue weighted by Crippen LogP contribution is 2.37. The second-order valence-corrected chi connectivity index (χ2v) is 7.51. The van der Waals surface area contributed by atoms with Crippen molar-refractivity contribution in [3.8, 4) is 11.5 Å². The molecule has 2 aromatic rings. The number of halogens is 4. The third-order valence-corrected chi connectivity index (χ3v) is 5.43. The number of hydrogen-bond acceptors (Lipinski definition) is 4. The molecule has 4 nitrogen and oxygen atoms in total. The molecule has 0 spiro atoms. The van der Waals surface area contributed by atoms with E-state index in [1.165, 1.54) is 30.0 Å². The normalized spacial score (nSPS) is 13.3. The van der Waals surface area contributed by atoms with Gasteiger partial charge in [-0.25, -0.2) is 0 Å². The number of para-hydroxylation sites is 1. The van der Waals surface area contributed by atoms with Crippen molar-refractivity contribution in [3.05, 3.63) is 52.0 Å². The number of anilines is 1. The molecule has 0 bridgehead atoms. The smallest absolute Gasteiger partial charge is 0.418 e. The van der Waals surface area contributed by atoms with Crippen LogP contribution in [0, 0.1) is 0 Å². The molecule has 0 unspecified atom stereocenters. The minimum Gasteiger partial charge on any atom is -0.486 e. The molecular weight excluding hydrogens is 447 g/mol. The molecule has 144 valence electrons. The van der Waals surface area contributed by atoms with Gasteiger partial charge in [0.25, 0.3) is 0 Å². The zero-order valence-electron chi connectivity index (χ0n) is 13.9. The summed E-state index contributed by atoms with van der Waals surface area (Å²) in [5.74, 6) is 1.32. The number of carbonyl (C=O) groups excluding carboxylic acids is 1. The first-order valence-corrected chi connectivity index (χ1v) is 9.91. The number of thioether (sulfide) groups is 1. The van der Waals surface area contributed by atoms with Crippen LogP contribution in [0.3, 0.4) is 0 Å². The molecule has 1 N–H and O–H groups in total. The van der Waals surface area contributed by atoms with Gasteiger partial charge in [0.15, 0.2) is 11.5 Å². The van der Waals surface area contributed by atoms with Gasteiger partial charge in [0, 0.05) is 10.2 Å². The highest BCUT2D eigenvalue weighted by molar-refractivity contribution is 9.10. The van der Waals surface area contributed by atoms with Crippen molar-refractivity contribution in [1.82, 2.24) is 0 Å². The number of benzene rings is 2. The molecule has 2 aromatic carbocycles. The average Bonchev–Trinajstić information content (AvgIpc) is 2.61. The van der Waals surface area contributed by atoms with E-state index in [1.807, 2.05) is 12.1 Å². The quantitative estimate of drug-likeness (QED) is 0.671. The zero-order valence-corrected chi connectivity index (χ0v) is 16.3. The third-order valence-electron chi connectivity index (χ3n) is 3.71. The van der Waals surface area contributed by atoms with Crippen LogP contribution in [-0.4, -0.2) is 24.9 Å². The van der Waals surface area contributed by atoms with Gasteiger partial charge in [-0.05, 0) is 29.8 Å². The van der Waals surface area contributed by atoms with E-state index in [4.69, 9.17) is 9.47 Å². The van der Waals surface area contributed by atoms with Crippen molar-refractivity contribution >= 4 is 39.3 Å². The Morgan fingerprint density at radius 2 is 1.81 bits per heavy atom. The lowest BCUT2D eigenvalue weighted by Gasteiger charge is -2.19. The summed E-state index contributed by atoms with van der Waals surface area (Å²) < 4.78 is 50.8. The molecule has 9 heteroatoms. The van der Waals surface area contributed by atoms with Gasteiger partial charge in [0.05, 0.1) is 17.0 Å². The molecule has 3 rings (SSSR count). The average molecular weight is 462 g/mol. The Bertz CT molecular complexity index is 845. The molecule has 0 saturated heterocycles. The lowest BCUT2D eigenvalue weighted by Crippen LogP contribution is -2.18. The number of carbonyl (C=O) groups is 1. The molecule has 1 aliphatic rings. The second kappa shape index (κ2) is 8.43. The van der Waals surface area contributed by atoms with Gasteiger partial charge < -0.3 is 14.8 Å². The summed E-state index contributed by atoms with van der Waals surface area (Å²) in [6, 6.07) is 8.56. The van der Waals surface area contributed by atoms with E-state index in [0.29, 0.717) is 30.5 Å². The number of rotatable bonds is 5. The maximum Gasteiger partial charge on any atom is 0.418 e. The Kier molecular flexibility index (Phi) is 6.21. The summed E-state index contributed by atoms with van der Waals surface area (Å²) in [5, 5.41) is 2.33. The van der Waals surface area contributed by atoms with Crippen LogP contribution in [0.5, 0.6) is 11.5 Å². The minimum absolute atomic E-state index is 0.0209. The fraction of sp³-hybridized carbons (Fsp3) is 0.278. The number of ether oxygens (including phenoxy) is 2. The number of fused-ring (bicyclic) bond motifs is 1. The molecule has 1 aliphatic heterocycles. The van der Waals surface area contributed by atoms with Crippen molar-refractivity contribution in [2.24, 2.45) is 0 Å². The summed E-state index contributed by atoms with van der Waals surface area (Å²) in [6.07, 6.45) is -4.52. The summed E-state index contributed by atoms with van der Waals surface area (Å²) in [4.78, 5) is 12.0. The van der Waals surface area contributed by atoms with E-state index in [1.54, 1.807) is 0 Å². The van der Waals surface area contributed by atoms with Crippen molar-refractivity contribution in [2.45, 2.75) is 11.9 Å². The van der Waals surface area contributed by atoms with Crippen LogP contribution in [-0.2, 0) is 16.7 Å². The Labute approximate surface area is 166 Å². The van der Waals surface area contributed by atoms with Crippen LogP contribution in [0.15, 0.2) is 40.9 Å². The maximum atomic E-state index is 13.0. The van der Waals surface area contributed by atoms with E-state index in [0.717, 1.165) is 16.1 Å². The van der Waals surface area contributed by atoms with Crippen LogP contribution in [0.4, 0.5) is 18.9 Å². The molecule has 0 saturated carbocycles. The van der Waals surface area contributed by atoms with Gasteiger partial charge >= 0.3 is 6.18 Å². The number of hydrogen-bond donors (Lipinski definition) is 1. The van der Waals surface area contributed by atoms with Crippen LogP contribution >= 0.6 is 27.7 Å². The standard InChI is InChI=1S/C18H15BrF3NO3S/c19-13-8-16-15(25-5-6-26-16)7-11(13)9-27-10-17(24)23-14-4-2-1-3-12(14)18(20,21)22/h1-4,7-8H,5-6,9-10H2,(H,23,24). The molecular formula is C18H15BrF3NO3S. The fourth-order valence-corrected chi connectivity index (χ4v) is 3.96. The van der Waals surface area contributed by atoms with Gasteiger partial charge in [-0.15, -0.1) is 11.8 Å². The molecule has 0 aliphatic carbocycles. The highest BCUT2D eigenvalue weighted by atomic mass is 79.9. The predicted molar refractivity (Wildman–Crippen MR) is 101 cm³/mol. The van der Waals surface area contributed by atoms with Crippen LogP contribution in [0.2, 0.25) is 0 Å². The summed E-state index contributed by atoms with van der Waals surface area (Å²) in [7, 11) is 0. The first-order chi connectivity index (χ1) is 12.8. The molecule has 1 heterocycles. The number of nitrogens with one attached hydrogen (secondary N) is 1. The van der Waals surface area contributed by atoms with Crippen molar-refractivity contribution in [1.29, 1.82) is 0 Å². The van der Waals surface area contributed by atoms with Gasteiger partial charge in [-0.3, -0.25) is 4.79 Å². The molecule has 0 radical (unpaired) electrons. The molecule has 27 heavy (non-hydrogen) atoms. The van der Waals surface area contributed by atoms with Gasteiger partial charge in [0.1, 0.15) is 13.2 Å². The molecule has 0 aromatic heterocycles. The molecule has 0 atom stereocenters. The molecule has 0 fully saturated rings. The fourth-order valence-electron chi connectivity index (χ4n) is 2.50. The van der Waals surface area contributed by atoms with E-state index in [-0.39, 0.29) is 11.4 Å². The number of alkyl halides is 3.